The molecular formula is C18H17FN2O3S. The van der Waals surface area contributed by atoms with Crippen LogP contribution in [0.2, 0.25) is 0 Å². The van der Waals surface area contributed by atoms with Crippen molar-refractivity contribution in [2.24, 2.45) is 0 Å². The largest absolute Gasteiger partial charge is 0.479 e. The number of hydrogen-bond donors (Lipinski definition) is 2. The summed E-state index contributed by atoms with van der Waals surface area (Å²) in [5.41, 5.74) is 1.13. The maximum absolute atomic E-state index is 12.8. The number of halogens is 1. The molecule has 7 heteroatoms. The number of ether oxygens (including phenoxy) is 1. The number of carbonyl (C=O) groups excluding carboxylic acids is 2. The van der Waals surface area contributed by atoms with Gasteiger partial charge in [0.05, 0.1) is 5.69 Å². The molecule has 2 aromatic rings. The third kappa shape index (κ3) is 4.51. The molecule has 3 rings (SSSR count). The summed E-state index contributed by atoms with van der Waals surface area (Å²) in [5, 5.41) is 5.54. The topological polar surface area (TPSA) is 67.4 Å². The number of anilines is 2. The van der Waals surface area contributed by atoms with Crippen LogP contribution in [0.1, 0.15) is 13.3 Å². The summed E-state index contributed by atoms with van der Waals surface area (Å²) in [6.45, 7) is 1.67. The molecule has 1 aliphatic heterocycles. The third-order valence-corrected chi connectivity index (χ3v) is 4.62. The standard InChI is InChI=1S/C18H17FN2O3S/c1-11-18(23)21-15-10-13(4-7-16(15)24-11)20-17(22)8-9-25-14-5-2-12(19)3-6-14/h2-7,10-11H,8-9H2,1H3,(H,20,22)(H,21,23)/t11-/m1/s1. The molecule has 5 nitrogen and oxygen atoms in total. The van der Waals surface area contributed by atoms with Gasteiger partial charge in [0, 0.05) is 22.8 Å². The highest BCUT2D eigenvalue weighted by molar-refractivity contribution is 7.99. The van der Waals surface area contributed by atoms with E-state index in [0.717, 1.165) is 4.90 Å². The van der Waals surface area contributed by atoms with Gasteiger partial charge in [-0.3, -0.25) is 9.59 Å². The van der Waals surface area contributed by atoms with Crippen LogP contribution in [-0.4, -0.2) is 23.7 Å². The number of thioether (sulfide) groups is 1. The molecule has 1 heterocycles. The van der Waals surface area contributed by atoms with E-state index in [1.165, 1.54) is 23.9 Å². The second kappa shape index (κ2) is 7.57. The van der Waals surface area contributed by atoms with E-state index in [-0.39, 0.29) is 17.6 Å². The Morgan fingerprint density at radius 1 is 1.28 bits per heavy atom. The summed E-state index contributed by atoms with van der Waals surface area (Å²) in [4.78, 5) is 24.6. The van der Waals surface area contributed by atoms with Crippen molar-refractivity contribution in [3.8, 4) is 5.75 Å². The van der Waals surface area contributed by atoms with E-state index in [2.05, 4.69) is 10.6 Å². The number of rotatable bonds is 5. The van der Waals surface area contributed by atoms with Crippen LogP contribution >= 0.6 is 11.8 Å². The lowest BCUT2D eigenvalue weighted by molar-refractivity contribution is -0.122. The van der Waals surface area contributed by atoms with E-state index < -0.39 is 6.10 Å². The second-order valence-corrected chi connectivity index (χ2v) is 6.73. The highest BCUT2D eigenvalue weighted by atomic mass is 32.2. The van der Waals surface area contributed by atoms with Crippen molar-refractivity contribution in [3.63, 3.8) is 0 Å². The molecule has 0 saturated heterocycles. The Morgan fingerprint density at radius 3 is 2.80 bits per heavy atom. The fourth-order valence-corrected chi connectivity index (χ4v) is 3.15. The molecule has 25 heavy (non-hydrogen) atoms. The SMILES string of the molecule is C[C@H]1Oc2ccc(NC(=O)CCSc3ccc(F)cc3)cc2NC1=O. The summed E-state index contributed by atoms with van der Waals surface area (Å²) < 4.78 is 18.3. The Hall–Kier alpha value is -2.54. The van der Waals surface area contributed by atoms with Gasteiger partial charge in [-0.1, -0.05) is 0 Å². The van der Waals surface area contributed by atoms with E-state index in [1.807, 2.05) is 0 Å². The van der Waals surface area contributed by atoms with Gasteiger partial charge in [-0.05, 0) is 49.4 Å². The molecule has 2 aromatic carbocycles. The molecule has 0 radical (unpaired) electrons. The molecule has 0 spiro atoms. The first-order valence-corrected chi connectivity index (χ1v) is 8.79. The number of fused-ring (bicyclic) bond motifs is 1. The van der Waals surface area contributed by atoms with Gasteiger partial charge in [-0.25, -0.2) is 4.39 Å². The van der Waals surface area contributed by atoms with Gasteiger partial charge in [0.25, 0.3) is 5.91 Å². The number of benzene rings is 2. The summed E-state index contributed by atoms with van der Waals surface area (Å²) in [5.74, 6) is 0.536. The van der Waals surface area contributed by atoms with E-state index in [4.69, 9.17) is 4.74 Å². The maximum atomic E-state index is 12.8. The van der Waals surface area contributed by atoms with Gasteiger partial charge < -0.3 is 15.4 Å². The zero-order chi connectivity index (χ0) is 17.8. The zero-order valence-electron chi connectivity index (χ0n) is 13.5. The van der Waals surface area contributed by atoms with E-state index in [0.29, 0.717) is 29.3 Å². The molecular weight excluding hydrogens is 343 g/mol. The van der Waals surface area contributed by atoms with Crippen LogP contribution in [0.4, 0.5) is 15.8 Å². The summed E-state index contributed by atoms with van der Waals surface area (Å²) in [6.07, 6.45) is -0.213. The molecule has 0 saturated carbocycles. The highest BCUT2D eigenvalue weighted by Crippen LogP contribution is 2.32. The van der Waals surface area contributed by atoms with Crippen LogP contribution in [0.25, 0.3) is 0 Å². The number of amides is 2. The van der Waals surface area contributed by atoms with Gasteiger partial charge >= 0.3 is 0 Å². The molecule has 0 aliphatic carbocycles. The smallest absolute Gasteiger partial charge is 0.265 e. The summed E-state index contributed by atoms with van der Waals surface area (Å²) in [7, 11) is 0. The lowest BCUT2D eigenvalue weighted by atomic mass is 10.2. The predicted octanol–water partition coefficient (Wildman–Crippen LogP) is 3.67. The normalized spacial score (nSPS) is 15.8. The lowest BCUT2D eigenvalue weighted by Gasteiger charge is -2.23. The van der Waals surface area contributed by atoms with Crippen molar-refractivity contribution in [2.75, 3.05) is 16.4 Å². The van der Waals surface area contributed by atoms with Crippen molar-refractivity contribution in [3.05, 3.63) is 48.3 Å². The van der Waals surface area contributed by atoms with Gasteiger partial charge in [0.15, 0.2) is 6.10 Å². The minimum Gasteiger partial charge on any atom is -0.479 e. The van der Waals surface area contributed by atoms with Crippen LogP contribution in [0, 0.1) is 5.82 Å². The van der Waals surface area contributed by atoms with Gasteiger partial charge in [0.1, 0.15) is 11.6 Å². The van der Waals surface area contributed by atoms with E-state index >= 15 is 0 Å². The van der Waals surface area contributed by atoms with E-state index in [1.54, 1.807) is 37.3 Å². The molecule has 1 atom stereocenters. The number of hydrogen-bond acceptors (Lipinski definition) is 4. The van der Waals surface area contributed by atoms with Crippen LogP contribution in [-0.2, 0) is 9.59 Å². The van der Waals surface area contributed by atoms with Crippen LogP contribution in [0.5, 0.6) is 5.75 Å². The van der Waals surface area contributed by atoms with Crippen molar-refractivity contribution in [1.29, 1.82) is 0 Å². The van der Waals surface area contributed by atoms with Crippen LogP contribution in [0.3, 0.4) is 0 Å². The van der Waals surface area contributed by atoms with Crippen LogP contribution < -0.4 is 15.4 Å². The molecule has 2 N–H and O–H groups in total. The average Bonchev–Trinajstić information content (AvgIpc) is 2.58. The van der Waals surface area contributed by atoms with Crippen LogP contribution in [0.15, 0.2) is 47.4 Å². The number of nitrogens with one attached hydrogen (secondary N) is 2. The molecule has 0 bridgehead atoms. The van der Waals surface area contributed by atoms with Crippen molar-refractivity contribution >= 4 is 35.0 Å². The van der Waals surface area contributed by atoms with Crippen molar-refractivity contribution < 1.29 is 18.7 Å². The second-order valence-electron chi connectivity index (χ2n) is 5.56. The van der Waals surface area contributed by atoms with Crippen molar-refractivity contribution in [2.45, 2.75) is 24.3 Å². The van der Waals surface area contributed by atoms with Gasteiger partial charge in [0.2, 0.25) is 5.91 Å². The summed E-state index contributed by atoms with van der Waals surface area (Å²) >= 11 is 1.49. The third-order valence-electron chi connectivity index (χ3n) is 3.61. The minimum atomic E-state index is -0.531. The molecule has 0 unspecified atom stereocenters. The Balaban J connectivity index is 1.52. The highest BCUT2D eigenvalue weighted by Gasteiger charge is 2.23. The molecule has 0 aromatic heterocycles. The lowest BCUT2D eigenvalue weighted by Crippen LogP contribution is -2.34. The van der Waals surface area contributed by atoms with Gasteiger partial charge in [-0.15, -0.1) is 11.8 Å². The quantitative estimate of drug-likeness (QED) is 0.799. The first-order chi connectivity index (χ1) is 12.0. The van der Waals surface area contributed by atoms with Gasteiger partial charge in [-0.2, -0.15) is 0 Å². The fraction of sp³-hybridized carbons (Fsp3) is 0.222. The first kappa shape index (κ1) is 17.3. The average molecular weight is 360 g/mol. The first-order valence-electron chi connectivity index (χ1n) is 7.81. The predicted molar refractivity (Wildman–Crippen MR) is 95.5 cm³/mol. The molecule has 130 valence electrons. The zero-order valence-corrected chi connectivity index (χ0v) is 14.4. The summed E-state index contributed by atoms with van der Waals surface area (Å²) in [6, 6.07) is 11.3. The Bertz CT molecular complexity index is 795. The fourth-order valence-electron chi connectivity index (χ4n) is 2.30. The van der Waals surface area contributed by atoms with Crippen molar-refractivity contribution in [1.82, 2.24) is 0 Å². The Labute approximate surface area is 148 Å². The number of carbonyl (C=O) groups is 2. The van der Waals surface area contributed by atoms with E-state index in [9.17, 15) is 14.0 Å². The Morgan fingerprint density at radius 2 is 2.04 bits per heavy atom. The minimum absolute atomic E-state index is 0.133. The maximum Gasteiger partial charge on any atom is 0.265 e. The molecule has 1 aliphatic rings. The monoisotopic (exact) mass is 360 g/mol. The Kier molecular flexibility index (Phi) is 5.23. The molecule has 2 amide bonds. The molecule has 0 fully saturated rings.